The molecule has 0 fully saturated rings. The zero-order valence-corrected chi connectivity index (χ0v) is 18.1. The lowest BCUT2D eigenvalue weighted by molar-refractivity contribution is -0.115. The molecule has 146 valence electrons. The third-order valence-electron chi connectivity index (χ3n) is 3.99. The number of carbonyl (C=O) groups is 1. The van der Waals surface area contributed by atoms with Crippen LogP contribution in [0.15, 0.2) is 53.5 Å². The van der Waals surface area contributed by atoms with Crippen molar-refractivity contribution in [3.8, 4) is 0 Å². The summed E-state index contributed by atoms with van der Waals surface area (Å²) in [4.78, 5) is 16.1. The van der Waals surface area contributed by atoms with E-state index in [0.717, 1.165) is 0 Å². The molecule has 3 N–H and O–H groups in total. The maximum atomic E-state index is 12.9. The Kier molecular flexibility index (Phi) is 9.77. The quantitative estimate of drug-likeness (QED) is 0.333. The van der Waals surface area contributed by atoms with Crippen molar-refractivity contribution in [1.29, 1.82) is 0 Å². The molecule has 0 saturated carbocycles. The third kappa shape index (κ3) is 7.94. The molecule has 0 heterocycles. The molecule has 0 saturated heterocycles. The zero-order chi connectivity index (χ0) is 18.9. The van der Waals surface area contributed by atoms with Crippen LogP contribution in [0.25, 0.3) is 0 Å². The second kappa shape index (κ2) is 11.5. The van der Waals surface area contributed by atoms with Gasteiger partial charge in [-0.3, -0.25) is 9.79 Å². The maximum Gasteiger partial charge on any atom is 0.243 e. The molecule has 2 aromatic carbocycles. The van der Waals surface area contributed by atoms with Gasteiger partial charge in [-0.1, -0.05) is 36.8 Å². The number of aliphatic imine (C=N–C) groups is 1. The Balaban J connectivity index is 0.00000364. The molecule has 0 aromatic heterocycles. The van der Waals surface area contributed by atoms with Gasteiger partial charge in [0.1, 0.15) is 5.82 Å². The molecule has 7 heteroatoms. The van der Waals surface area contributed by atoms with Crippen molar-refractivity contribution in [3.63, 3.8) is 0 Å². The number of aryl methyl sites for hydroxylation is 1. The molecule has 0 radical (unpaired) electrons. The van der Waals surface area contributed by atoms with E-state index in [9.17, 15) is 9.18 Å². The van der Waals surface area contributed by atoms with E-state index in [4.69, 9.17) is 0 Å². The van der Waals surface area contributed by atoms with E-state index in [0.29, 0.717) is 24.1 Å². The molecule has 1 unspecified atom stereocenters. The monoisotopic (exact) mass is 484 g/mol. The van der Waals surface area contributed by atoms with Gasteiger partial charge in [0.2, 0.25) is 5.91 Å². The van der Waals surface area contributed by atoms with Crippen LogP contribution in [0, 0.1) is 12.7 Å². The summed E-state index contributed by atoms with van der Waals surface area (Å²) in [6.45, 7) is 4.96. The summed E-state index contributed by atoms with van der Waals surface area (Å²) < 4.78 is 12.9. The first kappa shape index (κ1) is 22.9. The van der Waals surface area contributed by atoms with E-state index >= 15 is 0 Å². The second-order valence-corrected chi connectivity index (χ2v) is 6.17. The summed E-state index contributed by atoms with van der Waals surface area (Å²) in [5.74, 6) is 0.292. The van der Waals surface area contributed by atoms with Crippen molar-refractivity contribution in [2.24, 2.45) is 4.99 Å². The van der Waals surface area contributed by atoms with Gasteiger partial charge < -0.3 is 16.0 Å². The maximum absolute atomic E-state index is 12.9. The lowest BCUT2D eigenvalue weighted by Crippen LogP contribution is -2.42. The Labute approximate surface area is 176 Å². The number of carbonyl (C=O) groups excluding carboxylic acids is 1. The molecule has 2 aromatic rings. The molecule has 2 rings (SSSR count). The first-order valence-electron chi connectivity index (χ1n) is 8.54. The number of benzene rings is 2. The molecule has 5 nitrogen and oxygen atoms in total. The van der Waals surface area contributed by atoms with Crippen molar-refractivity contribution in [2.45, 2.75) is 19.8 Å². The van der Waals surface area contributed by atoms with Crippen LogP contribution in [0.1, 0.15) is 24.0 Å². The topological polar surface area (TPSA) is 65.5 Å². The van der Waals surface area contributed by atoms with Gasteiger partial charge >= 0.3 is 0 Å². The average Bonchev–Trinajstić information content (AvgIpc) is 2.64. The van der Waals surface area contributed by atoms with E-state index in [1.54, 1.807) is 7.05 Å². The number of hydrogen-bond acceptors (Lipinski definition) is 2. The Morgan fingerprint density at radius 2 is 1.70 bits per heavy atom. The summed E-state index contributed by atoms with van der Waals surface area (Å²) in [6.07, 6.45) is 0. The van der Waals surface area contributed by atoms with Gasteiger partial charge in [-0.15, -0.1) is 24.0 Å². The van der Waals surface area contributed by atoms with Crippen LogP contribution in [-0.2, 0) is 4.79 Å². The summed E-state index contributed by atoms with van der Waals surface area (Å²) in [5.41, 5.74) is 3.03. The highest BCUT2D eigenvalue weighted by Crippen LogP contribution is 2.14. The smallest absolute Gasteiger partial charge is 0.243 e. The minimum Gasteiger partial charge on any atom is -0.356 e. The van der Waals surface area contributed by atoms with E-state index in [1.165, 1.54) is 35.4 Å². The van der Waals surface area contributed by atoms with Crippen molar-refractivity contribution >= 4 is 41.5 Å². The minimum absolute atomic E-state index is 0. The predicted molar refractivity (Wildman–Crippen MR) is 119 cm³/mol. The standard InChI is InChI=1S/C20H25FN4O.HI/c1-14-4-6-16(7-5-14)15(2)12-23-20(22-3)24-13-19(26)25-18-10-8-17(21)9-11-18;/h4-11,15H,12-13H2,1-3H3,(H,25,26)(H2,22,23,24);1H. The lowest BCUT2D eigenvalue weighted by Gasteiger charge is -2.16. The molecule has 0 aliphatic carbocycles. The molecule has 1 amide bonds. The highest BCUT2D eigenvalue weighted by Gasteiger charge is 2.08. The van der Waals surface area contributed by atoms with Crippen LogP contribution in [0.2, 0.25) is 0 Å². The molecular formula is C20H26FIN4O. The highest BCUT2D eigenvalue weighted by atomic mass is 127. The third-order valence-corrected chi connectivity index (χ3v) is 3.99. The number of nitrogens with zero attached hydrogens (tertiary/aromatic N) is 1. The fourth-order valence-corrected chi connectivity index (χ4v) is 2.39. The average molecular weight is 484 g/mol. The van der Waals surface area contributed by atoms with Gasteiger partial charge in [-0.05, 0) is 42.7 Å². The van der Waals surface area contributed by atoms with E-state index < -0.39 is 0 Å². The summed E-state index contributed by atoms with van der Waals surface area (Å²) >= 11 is 0. The van der Waals surface area contributed by atoms with Crippen molar-refractivity contribution in [3.05, 3.63) is 65.5 Å². The number of nitrogens with one attached hydrogen (secondary N) is 3. The normalized spacial score (nSPS) is 11.9. The zero-order valence-electron chi connectivity index (χ0n) is 15.8. The SMILES string of the molecule is CN=C(NCC(=O)Nc1ccc(F)cc1)NCC(C)c1ccc(C)cc1.I. The van der Waals surface area contributed by atoms with Crippen LogP contribution in [0.5, 0.6) is 0 Å². The van der Waals surface area contributed by atoms with Crippen molar-refractivity contribution in [1.82, 2.24) is 10.6 Å². The number of halogens is 2. The van der Waals surface area contributed by atoms with Gasteiger partial charge in [0.05, 0.1) is 6.54 Å². The van der Waals surface area contributed by atoms with Crippen molar-refractivity contribution in [2.75, 3.05) is 25.5 Å². The molecule has 1 atom stereocenters. The number of rotatable bonds is 6. The first-order valence-corrected chi connectivity index (χ1v) is 8.54. The first-order chi connectivity index (χ1) is 12.5. The van der Waals surface area contributed by atoms with Gasteiger partial charge in [0.25, 0.3) is 0 Å². The fourth-order valence-electron chi connectivity index (χ4n) is 2.39. The summed E-state index contributed by atoms with van der Waals surface area (Å²) in [6, 6.07) is 14.1. The molecule has 0 bridgehead atoms. The number of amides is 1. The molecular weight excluding hydrogens is 458 g/mol. The molecule has 0 aliphatic rings. The van der Waals surface area contributed by atoms with Gasteiger partial charge in [-0.25, -0.2) is 4.39 Å². The Hall–Kier alpha value is -2.16. The Morgan fingerprint density at radius 1 is 1.07 bits per heavy atom. The van der Waals surface area contributed by atoms with E-state index in [1.807, 2.05) is 0 Å². The van der Waals surface area contributed by atoms with Crippen LogP contribution >= 0.6 is 24.0 Å². The Bertz CT molecular complexity index is 748. The van der Waals surface area contributed by atoms with Crippen LogP contribution < -0.4 is 16.0 Å². The van der Waals surface area contributed by atoms with E-state index in [2.05, 4.69) is 59.1 Å². The minimum atomic E-state index is -0.339. The number of guanidine groups is 1. The summed E-state index contributed by atoms with van der Waals surface area (Å²) in [7, 11) is 1.66. The van der Waals surface area contributed by atoms with E-state index in [-0.39, 0.29) is 42.2 Å². The lowest BCUT2D eigenvalue weighted by atomic mass is 10.0. The fraction of sp³-hybridized carbons (Fsp3) is 0.300. The predicted octanol–water partition coefficient (Wildman–Crippen LogP) is 3.66. The molecule has 0 spiro atoms. The molecule has 27 heavy (non-hydrogen) atoms. The van der Waals surface area contributed by atoms with Crippen LogP contribution in [0.4, 0.5) is 10.1 Å². The van der Waals surface area contributed by atoms with Gasteiger partial charge in [0.15, 0.2) is 5.96 Å². The number of hydrogen-bond donors (Lipinski definition) is 3. The van der Waals surface area contributed by atoms with Crippen molar-refractivity contribution < 1.29 is 9.18 Å². The second-order valence-electron chi connectivity index (χ2n) is 6.17. The number of anilines is 1. The summed E-state index contributed by atoms with van der Waals surface area (Å²) in [5, 5.41) is 8.88. The highest BCUT2D eigenvalue weighted by molar-refractivity contribution is 14.0. The Morgan fingerprint density at radius 3 is 2.30 bits per heavy atom. The van der Waals surface area contributed by atoms with Gasteiger partial charge in [-0.2, -0.15) is 0 Å². The van der Waals surface area contributed by atoms with Crippen LogP contribution in [0.3, 0.4) is 0 Å². The van der Waals surface area contributed by atoms with Crippen LogP contribution in [-0.4, -0.2) is 32.0 Å². The van der Waals surface area contributed by atoms with Gasteiger partial charge in [0, 0.05) is 19.3 Å². The largest absolute Gasteiger partial charge is 0.356 e. The molecule has 0 aliphatic heterocycles.